The van der Waals surface area contributed by atoms with Crippen molar-refractivity contribution < 1.29 is 9.47 Å². The molecule has 0 aliphatic heterocycles. The molecule has 74 heavy (non-hydrogen) atoms. The largest absolute Gasteiger partial charge is 0.497 e. The molecule has 0 aliphatic carbocycles. The monoisotopic (exact) mass is 950 g/mol. The molecule has 0 fully saturated rings. The molecule has 0 heterocycles. The third-order valence-electron chi connectivity index (χ3n) is 14.0. The highest BCUT2D eigenvalue weighted by Gasteiger charge is 2.24. The number of rotatable bonds is 12. The van der Waals surface area contributed by atoms with Crippen molar-refractivity contribution in [1.82, 2.24) is 0 Å². The van der Waals surface area contributed by atoms with Crippen LogP contribution in [0.2, 0.25) is 0 Å². The quantitative estimate of drug-likeness (QED) is 0.0902. The molecular weight excluding hydrogens is 905 g/mol. The highest BCUT2D eigenvalue weighted by Crippen LogP contribution is 2.49. The van der Waals surface area contributed by atoms with Crippen molar-refractivity contribution in [3.8, 4) is 62.1 Å². The van der Waals surface area contributed by atoms with E-state index in [1.807, 2.05) is 84.9 Å². The van der Waals surface area contributed by atoms with E-state index in [9.17, 15) is 5.26 Å². The maximum atomic E-state index is 9.69. The summed E-state index contributed by atoms with van der Waals surface area (Å²) >= 11 is 0. The van der Waals surface area contributed by atoms with E-state index >= 15 is 0 Å². The lowest BCUT2D eigenvalue weighted by molar-refractivity contribution is 0.414. The van der Waals surface area contributed by atoms with E-state index in [4.69, 9.17) is 16.0 Å². The van der Waals surface area contributed by atoms with Gasteiger partial charge in [-0.15, -0.1) is 0 Å². The third-order valence-corrected chi connectivity index (χ3v) is 14.0. The summed E-state index contributed by atoms with van der Waals surface area (Å²) < 4.78 is 11.4. The minimum absolute atomic E-state index is 0.602. The second-order valence-electron chi connectivity index (χ2n) is 18.3. The SMILES string of the molecule is [C-]#[N+]c1ccc(-c2cc(-c3ccccc3)cc(N(c3ccc(OC)cc3)c3ccc4ccc5c(N(c6ccc(OC)cc6)c6cc(-c7ccccc7)cc(-c7ccc(C#N)cc7)c6)ccc6ccc3c4c65)c2)cc1. The van der Waals surface area contributed by atoms with E-state index in [0.29, 0.717) is 11.3 Å². The zero-order valence-electron chi connectivity index (χ0n) is 40.7. The average molecular weight is 951 g/mol. The first-order valence-electron chi connectivity index (χ1n) is 24.5. The molecule has 0 spiro atoms. The first kappa shape index (κ1) is 45.0. The van der Waals surface area contributed by atoms with E-state index in [1.165, 1.54) is 0 Å². The van der Waals surface area contributed by atoms with Gasteiger partial charge in [-0.1, -0.05) is 133 Å². The molecule has 6 heteroatoms. The summed E-state index contributed by atoms with van der Waals surface area (Å²) in [6.45, 7) is 7.63. The Morgan fingerprint density at radius 2 is 0.757 bits per heavy atom. The molecule has 350 valence electrons. The van der Waals surface area contributed by atoms with Gasteiger partial charge in [0.05, 0.1) is 43.8 Å². The zero-order chi connectivity index (χ0) is 50.1. The summed E-state index contributed by atoms with van der Waals surface area (Å²) in [4.78, 5) is 8.39. The molecule has 0 radical (unpaired) electrons. The van der Waals surface area contributed by atoms with E-state index in [2.05, 4.69) is 178 Å². The van der Waals surface area contributed by atoms with Gasteiger partial charge in [0.15, 0.2) is 5.69 Å². The molecule has 0 saturated carbocycles. The molecule has 0 atom stereocenters. The molecule has 6 nitrogen and oxygen atoms in total. The number of nitriles is 1. The first-order chi connectivity index (χ1) is 36.5. The van der Waals surface area contributed by atoms with E-state index in [1.54, 1.807) is 14.2 Å². The van der Waals surface area contributed by atoms with Gasteiger partial charge in [0.25, 0.3) is 0 Å². The number of hydrogen-bond acceptors (Lipinski definition) is 5. The van der Waals surface area contributed by atoms with Gasteiger partial charge in [-0.25, -0.2) is 4.85 Å². The lowest BCUT2D eigenvalue weighted by Crippen LogP contribution is -2.12. The number of anilines is 6. The Morgan fingerprint density at radius 1 is 0.378 bits per heavy atom. The predicted octanol–water partition coefficient (Wildman–Crippen LogP) is 18.6. The second-order valence-corrected chi connectivity index (χ2v) is 18.3. The van der Waals surface area contributed by atoms with E-state index < -0.39 is 0 Å². The van der Waals surface area contributed by atoms with Crippen LogP contribution in [0.4, 0.5) is 39.8 Å². The van der Waals surface area contributed by atoms with Gasteiger partial charge >= 0.3 is 0 Å². The van der Waals surface area contributed by atoms with Crippen molar-refractivity contribution in [3.63, 3.8) is 0 Å². The Bertz CT molecular complexity index is 3820. The van der Waals surface area contributed by atoms with E-state index in [0.717, 1.165) is 122 Å². The molecule has 0 N–H and O–H groups in total. The minimum Gasteiger partial charge on any atom is -0.497 e. The fourth-order valence-electron chi connectivity index (χ4n) is 10.4. The summed E-state index contributed by atoms with van der Waals surface area (Å²) in [5.41, 5.74) is 15.6. The molecule has 12 aromatic carbocycles. The topological polar surface area (TPSA) is 53.1 Å². The molecule has 0 saturated heterocycles. The van der Waals surface area contributed by atoms with Crippen LogP contribution in [-0.2, 0) is 0 Å². The molecule has 0 unspecified atom stereocenters. The van der Waals surface area contributed by atoms with Crippen molar-refractivity contribution in [2.24, 2.45) is 0 Å². The number of benzene rings is 12. The van der Waals surface area contributed by atoms with Crippen LogP contribution < -0.4 is 19.3 Å². The number of hydrogen-bond donors (Lipinski definition) is 0. The smallest absolute Gasteiger partial charge is 0.187 e. The van der Waals surface area contributed by atoms with Crippen LogP contribution in [0.1, 0.15) is 5.56 Å². The molecular formula is C68H46N4O2. The van der Waals surface area contributed by atoms with Crippen LogP contribution in [0.5, 0.6) is 11.5 Å². The molecule has 0 aromatic heterocycles. The van der Waals surface area contributed by atoms with Gasteiger partial charge in [0.2, 0.25) is 0 Å². The Balaban J connectivity index is 1.10. The van der Waals surface area contributed by atoms with Crippen LogP contribution in [0, 0.1) is 17.9 Å². The maximum absolute atomic E-state index is 9.69. The Morgan fingerprint density at radius 3 is 1.14 bits per heavy atom. The summed E-state index contributed by atoms with van der Waals surface area (Å²) in [7, 11) is 3.39. The molecule has 12 aromatic rings. The number of nitrogens with zero attached hydrogens (tertiary/aromatic N) is 4. The lowest BCUT2D eigenvalue weighted by atomic mass is 9.91. The van der Waals surface area contributed by atoms with Crippen LogP contribution in [0.3, 0.4) is 0 Å². The summed E-state index contributed by atoms with van der Waals surface area (Å²) in [6.07, 6.45) is 0. The Hall–Kier alpha value is -10.1. The average Bonchev–Trinajstić information content (AvgIpc) is 3.48. The standard InChI is InChI=1S/C68H46N4O2/c1-70-56-24-18-49(19-25-56)55-39-53(47-12-8-5-9-13-47)41-60(43-55)72(58-28-32-62(74-3)33-29-58)66-37-23-51-20-34-63-65(36-22-50-21-35-64(66)68(51)67(50)63)71(57-26-30-61(73-2)31-27-57)59-40-52(46-10-6-4-7-11-46)38-54(42-59)48-16-14-45(44-69)15-17-48/h4-43H,2-3H3. The highest BCUT2D eigenvalue weighted by molar-refractivity contribution is 6.28. The van der Waals surface area contributed by atoms with Crippen LogP contribution >= 0.6 is 0 Å². The third kappa shape index (κ3) is 8.33. The van der Waals surface area contributed by atoms with Crippen molar-refractivity contribution in [2.75, 3.05) is 24.0 Å². The maximum Gasteiger partial charge on any atom is 0.187 e. The molecule has 0 bridgehead atoms. The fourth-order valence-corrected chi connectivity index (χ4v) is 10.4. The molecule has 0 aliphatic rings. The van der Waals surface area contributed by atoms with Crippen LogP contribution in [0.15, 0.2) is 243 Å². The van der Waals surface area contributed by atoms with Crippen molar-refractivity contribution in [2.45, 2.75) is 0 Å². The highest BCUT2D eigenvalue weighted by atomic mass is 16.5. The molecule has 0 amide bonds. The van der Waals surface area contributed by atoms with Gasteiger partial charge in [0, 0.05) is 33.5 Å². The van der Waals surface area contributed by atoms with Gasteiger partial charge in [-0.05, 0) is 175 Å². The Labute approximate surface area is 430 Å². The lowest BCUT2D eigenvalue weighted by Gasteiger charge is -2.30. The van der Waals surface area contributed by atoms with Gasteiger partial charge in [-0.2, -0.15) is 5.26 Å². The van der Waals surface area contributed by atoms with Crippen molar-refractivity contribution in [1.29, 1.82) is 5.26 Å². The van der Waals surface area contributed by atoms with Crippen LogP contribution in [0.25, 0.3) is 81.7 Å². The van der Waals surface area contributed by atoms with Gasteiger partial charge in [0.1, 0.15) is 11.5 Å². The van der Waals surface area contributed by atoms with Gasteiger partial charge in [-0.3, -0.25) is 0 Å². The second kappa shape index (κ2) is 19.2. The minimum atomic E-state index is 0.602. The summed E-state index contributed by atoms with van der Waals surface area (Å²) in [5, 5.41) is 16.5. The number of methoxy groups -OCH3 is 2. The van der Waals surface area contributed by atoms with E-state index in [-0.39, 0.29) is 0 Å². The summed E-state index contributed by atoms with van der Waals surface area (Å²) in [6, 6.07) is 87.0. The summed E-state index contributed by atoms with van der Waals surface area (Å²) in [5.74, 6) is 1.55. The predicted molar refractivity (Wildman–Crippen MR) is 305 cm³/mol. The fraction of sp³-hybridized carbons (Fsp3) is 0.0294. The van der Waals surface area contributed by atoms with Crippen molar-refractivity contribution in [3.05, 3.63) is 260 Å². The van der Waals surface area contributed by atoms with Crippen LogP contribution in [-0.4, -0.2) is 14.2 Å². The van der Waals surface area contributed by atoms with Gasteiger partial charge < -0.3 is 19.3 Å². The zero-order valence-corrected chi connectivity index (χ0v) is 40.7. The van der Waals surface area contributed by atoms with Crippen molar-refractivity contribution >= 4 is 72.1 Å². The Kier molecular flexibility index (Phi) is 11.7. The normalized spacial score (nSPS) is 11.1. The number of ether oxygens (including phenoxy) is 2. The molecule has 12 rings (SSSR count). The first-order valence-corrected chi connectivity index (χ1v) is 24.5.